The van der Waals surface area contributed by atoms with Crippen LogP contribution in [-0.2, 0) is 9.84 Å². The molecule has 0 unspecified atom stereocenters. The second-order valence-electron chi connectivity index (χ2n) is 4.08. The van der Waals surface area contributed by atoms with Crippen LogP contribution in [0.5, 0.6) is 0 Å². The van der Waals surface area contributed by atoms with Gasteiger partial charge in [0.25, 0.3) is 0 Å². The minimum absolute atomic E-state index is 0.0791. The number of thiophene rings is 1. The highest BCUT2D eigenvalue weighted by atomic mass is 35.5. The lowest BCUT2D eigenvalue weighted by Gasteiger charge is -2.06. The number of halogens is 1. The van der Waals surface area contributed by atoms with E-state index in [1.807, 2.05) is 13.0 Å². The molecule has 0 saturated carbocycles. The van der Waals surface area contributed by atoms with Crippen molar-refractivity contribution >= 4 is 48.8 Å². The van der Waals surface area contributed by atoms with Gasteiger partial charge in [-0.2, -0.15) is 0 Å². The Balaban J connectivity index is 2.20. The van der Waals surface area contributed by atoms with Crippen LogP contribution in [-0.4, -0.2) is 36.4 Å². The summed E-state index contributed by atoms with van der Waals surface area (Å²) in [5, 5.41) is 4.06. The fraction of sp³-hybridized carbons (Fsp3) is 0.455. The van der Waals surface area contributed by atoms with Crippen LogP contribution in [0, 0.1) is 6.92 Å². The number of sulfone groups is 1. The first-order chi connectivity index (χ1) is 8.91. The number of aromatic nitrogens is 2. The third kappa shape index (κ3) is 3.55. The van der Waals surface area contributed by atoms with E-state index in [0.29, 0.717) is 12.4 Å². The van der Waals surface area contributed by atoms with Crippen molar-refractivity contribution in [3.63, 3.8) is 0 Å². The van der Waals surface area contributed by atoms with Gasteiger partial charge in [-0.1, -0.05) is 6.92 Å². The van der Waals surface area contributed by atoms with E-state index in [2.05, 4.69) is 15.3 Å². The van der Waals surface area contributed by atoms with Crippen molar-refractivity contribution in [3.05, 3.63) is 16.2 Å². The quantitative estimate of drug-likeness (QED) is 0.857. The minimum Gasteiger partial charge on any atom is -0.368 e. The third-order valence-electron chi connectivity index (χ3n) is 2.63. The highest BCUT2D eigenvalue weighted by molar-refractivity contribution is 7.91. The number of anilines is 1. The van der Waals surface area contributed by atoms with Crippen LogP contribution in [0.1, 0.15) is 11.8 Å². The molecule has 2 rings (SSSR count). The molecule has 0 aliphatic heterocycles. The van der Waals surface area contributed by atoms with Gasteiger partial charge in [-0.25, -0.2) is 18.4 Å². The molecule has 0 spiro atoms. The number of fused-ring (bicyclic) bond motifs is 1. The molecule has 8 heteroatoms. The van der Waals surface area contributed by atoms with E-state index in [4.69, 9.17) is 11.6 Å². The first-order valence-corrected chi connectivity index (χ1v) is 8.81. The van der Waals surface area contributed by atoms with Gasteiger partial charge in [0.05, 0.1) is 11.1 Å². The van der Waals surface area contributed by atoms with Gasteiger partial charge in [-0.05, 0) is 24.6 Å². The molecule has 0 amide bonds. The predicted molar refractivity (Wildman–Crippen MR) is 80.0 cm³/mol. The molecule has 2 heterocycles. The average molecular weight is 320 g/mol. The second kappa shape index (κ2) is 5.60. The van der Waals surface area contributed by atoms with Gasteiger partial charge in [-0.3, -0.25) is 0 Å². The van der Waals surface area contributed by atoms with Crippen LogP contribution in [0.4, 0.5) is 5.82 Å². The molecule has 104 valence electrons. The zero-order valence-corrected chi connectivity index (χ0v) is 13.0. The lowest BCUT2D eigenvalue weighted by molar-refractivity contribution is 0.597. The Hall–Kier alpha value is -0.920. The summed E-state index contributed by atoms with van der Waals surface area (Å²) in [5.74, 6) is 0.813. The zero-order valence-electron chi connectivity index (χ0n) is 10.6. The lowest BCUT2D eigenvalue weighted by atomic mass is 10.3. The number of nitrogens with one attached hydrogen (secondary N) is 1. The van der Waals surface area contributed by atoms with E-state index < -0.39 is 9.84 Å². The van der Waals surface area contributed by atoms with Gasteiger partial charge < -0.3 is 5.32 Å². The van der Waals surface area contributed by atoms with Crippen molar-refractivity contribution < 1.29 is 8.42 Å². The molecule has 0 aliphatic rings. The maximum absolute atomic E-state index is 11.4. The fourth-order valence-corrected chi connectivity index (χ4v) is 3.42. The predicted octanol–water partition coefficient (Wildman–Crippen LogP) is 2.50. The molecule has 0 bridgehead atoms. The molecule has 0 atom stereocenters. The maximum Gasteiger partial charge on any atom is 0.225 e. The van der Waals surface area contributed by atoms with Crippen molar-refractivity contribution in [2.45, 2.75) is 13.8 Å². The summed E-state index contributed by atoms with van der Waals surface area (Å²) in [6, 6.07) is 1.97. The molecule has 0 aliphatic carbocycles. The van der Waals surface area contributed by atoms with Crippen LogP contribution in [0.15, 0.2) is 6.07 Å². The largest absolute Gasteiger partial charge is 0.368 e. The van der Waals surface area contributed by atoms with Crippen LogP contribution >= 0.6 is 22.9 Å². The second-order valence-corrected chi connectivity index (χ2v) is 8.13. The van der Waals surface area contributed by atoms with Crippen LogP contribution in [0.2, 0.25) is 5.28 Å². The Morgan fingerprint density at radius 2 is 2.16 bits per heavy atom. The average Bonchev–Trinajstić information content (AvgIpc) is 2.69. The van der Waals surface area contributed by atoms with E-state index in [0.717, 1.165) is 15.1 Å². The van der Waals surface area contributed by atoms with Gasteiger partial charge in [0.15, 0.2) is 9.84 Å². The summed E-state index contributed by atoms with van der Waals surface area (Å²) >= 11 is 7.39. The summed E-state index contributed by atoms with van der Waals surface area (Å²) in [6.45, 7) is 3.93. The van der Waals surface area contributed by atoms with Crippen molar-refractivity contribution in [2.75, 3.05) is 23.4 Å². The molecular formula is C11H14ClN3O2S2. The Morgan fingerprint density at radius 3 is 2.84 bits per heavy atom. The van der Waals surface area contributed by atoms with Crippen LogP contribution in [0.3, 0.4) is 0 Å². The molecular weight excluding hydrogens is 306 g/mol. The molecule has 2 aromatic heterocycles. The monoisotopic (exact) mass is 319 g/mol. The molecule has 19 heavy (non-hydrogen) atoms. The van der Waals surface area contributed by atoms with Gasteiger partial charge >= 0.3 is 0 Å². The van der Waals surface area contributed by atoms with E-state index in [9.17, 15) is 8.42 Å². The van der Waals surface area contributed by atoms with Crippen LogP contribution in [0.25, 0.3) is 10.2 Å². The normalized spacial score (nSPS) is 11.9. The maximum atomic E-state index is 11.4. The summed E-state index contributed by atoms with van der Waals surface area (Å²) in [4.78, 5) is 10.2. The van der Waals surface area contributed by atoms with Crippen molar-refractivity contribution in [3.8, 4) is 0 Å². The Kier molecular flexibility index (Phi) is 4.27. The summed E-state index contributed by atoms with van der Waals surface area (Å²) in [5.41, 5.74) is 0. The third-order valence-corrected chi connectivity index (χ3v) is 5.45. The molecule has 2 aromatic rings. The summed E-state index contributed by atoms with van der Waals surface area (Å²) in [6.07, 6.45) is 0. The highest BCUT2D eigenvalue weighted by Crippen LogP contribution is 2.29. The number of hydrogen-bond donors (Lipinski definition) is 1. The van der Waals surface area contributed by atoms with E-state index in [-0.39, 0.29) is 16.8 Å². The Morgan fingerprint density at radius 1 is 1.42 bits per heavy atom. The molecule has 0 fully saturated rings. The summed E-state index contributed by atoms with van der Waals surface area (Å²) < 4.78 is 22.9. The number of hydrogen-bond acceptors (Lipinski definition) is 6. The number of rotatable bonds is 5. The molecule has 0 aromatic carbocycles. The summed E-state index contributed by atoms with van der Waals surface area (Å²) in [7, 11) is -2.98. The Bertz CT molecular complexity index is 697. The van der Waals surface area contributed by atoms with Crippen molar-refractivity contribution in [2.24, 2.45) is 0 Å². The highest BCUT2D eigenvalue weighted by Gasteiger charge is 2.11. The SMILES string of the molecule is CCS(=O)(=O)CCNc1nc(Cl)nc2sc(C)cc12. The van der Waals surface area contributed by atoms with E-state index >= 15 is 0 Å². The van der Waals surface area contributed by atoms with Gasteiger partial charge in [0.1, 0.15) is 10.6 Å². The molecule has 1 N–H and O–H groups in total. The Labute approximate surface area is 120 Å². The first-order valence-electron chi connectivity index (χ1n) is 5.79. The van der Waals surface area contributed by atoms with E-state index in [1.54, 1.807) is 6.92 Å². The van der Waals surface area contributed by atoms with Gasteiger partial charge in [-0.15, -0.1) is 11.3 Å². The van der Waals surface area contributed by atoms with Gasteiger partial charge in [0, 0.05) is 17.2 Å². The first kappa shape index (κ1) is 14.5. The van der Waals surface area contributed by atoms with Crippen molar-refractivity contribution in [1.29, 1.82) is 0 Å². The fourth-order valence-electron chi connectivity index (χ4n) is 1.62. The molecule has 0 saturated heterocycles. The van der Waals surface area contributed by atoms with Crippen LogP contribution < -0.4 is 5.32 Å². The number of nitrogens with zero attached hydrogens (tertiary/aromatic N) is 2. The van der Waals surface area contributed by atoms with E-state index in [1.165, 1.54) is 11.3 Å². The topological polar surface area (TPSA) is 72.0 Å². The lowest BCUT2D eigenvalue weighted by Crippen LogP contribution is -2.17. The van der Waals surface area contributed by atoms with Gasteiger partial charge in [0.2, 0.25) is 5.28 Å². The van der Waals surface area contributed by atoms with Crippen molar-refractivity contribution in [1.82, 2.24) is 9.97 Å². The zero-order chi connectivity index (χ0) is 14.0. The smallest absolute Gasteiger partial charge is 0.225 e. The molecule has 5 nitrogen and oxygen atoms in total. The number of aryl methyl sites for hydroxylation is 1. The minimum atomic E-state index is -2.98. The molecule has 0 radical (unpaired) electrons. The standard InChI is InChI=1S/C11H14ClN3O2S2/c1-3-19(16,17)5-4-13-9-8-6-7(2)18-10(8)15-11(12)14-9/h6H,3-5H2,1-2H3,(H,13,14,15).